The Labute approximate surface area is 113 Å². The molecule has 0 aromatic carbocycles. The van der Waals surface area contributed by atoms with Crippen molar-refractivity contribution in [3.63, 3.8) is 0 Å². The minimum absolute atomic E-state index is 0.761. The molecule has 0 saturated heterocycles. The molecule has 0 atom stereocenters. The van der Waals surface area contributed by atoms with Gasteiger partial charge in [-0.3, -0.25) is 0 Å². The number of anilines is 1. The average molecular weight is 259 g/mol. The van der Waals surface area contributed by atoms with Gasteiger partial charge in [0.15, 0.2) is 5.65 Å². The van der Waals surface area contributed by atoms with E-state index in [0.717, 1.165) is 60.5 Å². The molecule has 0 aliphatic heterocycles. The molecule has 0 aliphatic rings. The summed E-state index contributed by atoms with van der Waals surface area (Å²) < 4.78 is 0. The first kappa shape index (κ1) is 13.7. The Bertz CT molecular complexity index is 553. The first-order valence-electron chi connectivity index (χ1n) is 6.75. The number of hydrogen-bond donors (Lipinski definition) is 2. The summed E-state index contributed by atoms with van der Waals surface area (Å²) in [7, 11) is 0. The van der Waals surface area contributed by atoms with Gasteiger partial charge in [-0.15, -0.1) is 0 Å². The molecule has 2 heterocycles. The summed E-state index contributed by atoms with van der Waals surface area (Å²) in [6.07, 6.45) is 4.88. The van der Waals surface area contributed by atoms with E-state index in [1.807, 2.05) is 6.92 Å². The van der Waals surface area contributed by atoms with Crippen molar-refractivity contribution >= 4 is 16.9 Å². The van der Waals surface area contributed by atoms with Crippen molar-refractivity contribution < 1.29 is 0 Å². The molecule has 2 aromatic heterocycles. The van der Waals surface area contributed by atoms with E-state index in [9.17, 15) is 0 Å². The second kappa shape index (κ2) is 6.43. The van der Waals surface area contributed by atoms with Crippen LogP contribution >= 0.6 is 0 Å². The Hall–Kier alpha value is -1.75. The fourth-order valence-corrected chi connectivity index (χ4v) is 2.20. The minimum atomic E-state index is 0.761. The van der Waals surface area contributed by atoms with Crippen molar-refractivity contribution in [2.45, 2.75) is 33.1 Å². The van der Waals surface area contributed by atoms with Crippen molar-refractivity contribution in [3.05, 3.63) is 23.7 Å². The normalized spacial score (nSPS) is 10.9. The number of nitrogens with zero attached hydrogens (tertiary/aromatic N) is 3. The van der Waals surface area contributed by atoms with Crippen LogP contribution in [0, 0.1) is 13.8 Å². The second-order valence-electron chi connectivity index (χ2n) is 4.78. The highest BCUT2D eigenvalue weighted by atomic mass is 15.0. The first-order chi connectivity index (χ1) is 9.22. The molecule has 0 aliphatic carbocycles. The second-order valence-corrected chi connectivity index (χ2v) is 4.78. The predicted molar refractivity (Wildman–Crippen MR) is 78.2 cm³/mol. The summed E-state index contributed by atoms with van der Waals surface area (Å²) >= 11 is 0. The van der Waals surface area contributed by atoms with Gasteiger partial charge < -0.3 is 11.1 Å². The monoisotopic (exact) mass is 259 g/mol. The Morgan fingerprint density at radius 1 is 1.16 bits per heavy atom. The van der Waals surface area contributed by atoms with Crippen LogP contribution in [-0.2, 0) is 0 Å². The molecule has 2 aromatic rings. The maximum Gasteiger partial charge on any atom is 0.165 e. The van der Waals surface area contributed by atoms with Gasteiger partial charge in [-0.05, 0) is 44.9 Å². The Morgan fingerprint density at radius 3 is 2.79 bits per heavy atom. The van der Waals surface area contributed by atoms with E-state index in [1.165, 1.54) is 0 Å². The van der Waals surface area contributed by atoms with Gasteiger partial charge in [0.05, 0.1) is 5.39 Å². The summed E-state index contributed by atoms with van der Waals surface area (Å²) in [5.41, 5.74) is 8.39. The lowest BCUT2D eigenvalue weighted by molar-refractivity contribution is 0.706. The molecule has 0 bridgehead atoms. The molecule has 0 saturated carbocycles. The van der Waals surface area contributed by atoms with Crippen LogP contribution in [-0.4, -0.2) is 28.0 Å². The average Bonchev–Trinajstić information content (AvgIpc) is 2.37. The molecule has 5 nitrogen and oxygen atoms in total. The highest BCUT2D eigenvalue weighted by molar-refractivity contribution is 5.89. The quantitative estimate of drug-likeness (QED) is 0.778. The fourth-order valence-electron chi connectivity index (χ4n) is 2.20. The predicted octanol–water partition coefficient (Wildman–Crippen LogP) is 2.18. The fraction of sp³-hybridized carbons (Fsp3) is 0.500. The van der Waals surface area contributed by atoms with Gasteiger partial charge in [0.25, 0.3) is 0 Å². The molecule has 0 unspecified atom stereocenters. The summed E-state index contributed by atoms with van der Waals surface area (Å²) in [5, 5.41) is 4.40. The third-order valence-electron chi connectivity index (χ3n) is 3.10. The highest BCUT2D eigenvalue weighted by Crippen LogP contribution is 2.22. The van der Waals surface area contributed by atoms with Gasteiger partial charge >= 0.3 is 0 Å². The first-order valence-corrected chi connectivity index (χ1v) is 6.75. The molecule has 3 N–H and O–H groups in total. The van der Waals surface area contributed by atoms with Crippen LogP contribution in [0.2, 0.25) is 0 Å². The summed E-state index contributed by atoms with van der Waals surface area (Å²) in [6.45, 7) is 5.71. The minimum Gasteiger partial charge on any atom is -0.369 e. The van der Waals surface area contributed by atoms with Crippen LogP contribution in [0.25, 0.3) is 11.0 Å². The van der Waals surface area contributed by atoms with Crippen LogP contribution in [0.1, 0.15) is 30.5 Å². The van der Waals surface area contributed by atoms with Gasteiger partial charge in [-0.25, -0.2) is 15.0 Å². The zero-order valence-electron chi connectivity index (χ0n) is 11.6. The summed E-state index contributed by atoms with van der Waals surface area (Å²) in [5.74, 6) is 0.878. The Balaban J connectivity index is 2.14. The zero-order valence-corrected chi connectivity index (χ0v) is 11.6. The molecular weight excluding hydrogens is 238 g/mol. The van der Waals surface area contributed by atoms with Crippen LogP contribution in [0.4, 0.5) is 5.82 Å². The van der Waals surface area contributed by atoms with Crippen LogP contribution in [0.15, 0.2) is 12.4 Å². The topological polar surface area (TPSA) is 76.7 Å². The number of nitrogens with one attached hydrogen (secondary N) is 1. The van der Waals surface area contributed by atoms with E-state index >= 15 is 0 Å². The van der Waals surface area contributed by atoms with Crippen molar-refractivity contribution in [3.8, 4) is 0 Å². The van der Waals surface area contributed by atoms with Crippen molar-refractivity contribution in [1.82, 2.24) is 15.0 Å². The van der Waals surface area contributed by atoms with Gasteiger partial charge in [0.1, 0.15) is 12.1 Å². The van der Waals surface area contributed by atoms with Gasteiger partial charge in [0.2, 0.25) is 0 Å². The van der Waals surface area contributed by atoms with E-state index < -0.39 is 0 Å². The third-order valence-corrected chi connectivity index (χ3v) is 3.10. The smallest absolute Gasteiger partial charge is 0.165 e. The number of unbranched alkanes of at least 4 members (excludes halogenated alkanes) is 2. The molecule has 0 spiro atoms. The number of aromatic nitrogens is 3. The zero-order chi connectivity index (χ0) is 13.7. The molecule has 0 fully saturated rings. The van der Waals surface area contributed by atoms with Crippen molar-refractivity contribution in [2.24, 2.45) is 5.73 Å². The molecule has 2 rings (SSSR count). The van der Waals surface area contributed by atoms with Crippen LogP contribution < -0.4 is 11.1 Å². The molecule has 5 heteroatoms. The number of hydrogen-bond acceptors (Lipinski definition) is 5. The van der Waals surface area contributed by atoms with E-state index in [1.54, 1.807) is 6.33 Å². The van der Waals surface area contributed by atoms with E-state index in [4.69, 9.17) is 5.73 Å². The largest absolute Gasteiger partial charge is 0.369 e. The number of nitrogens with two attached hydrogens (primary N) is 1. The molecule has 0 radical (unpaired) electrons. The van der Waals surface area contributed by atoms with Crippen LogP contribution in [0.5, 0.6) is 0 Å². The Kier molecular flexibility index (Phi) is 4.63. The molecule has 19 heavy (non-hydrogen) atoms. The maximum absolute atomic E-state index is 5.48. The molecular formula is C14H21N5. The summed E-state index contributed by atoms with van der Waals surface area (Å²) in [6, 6.07) is 2.06. The number of rotatable bonds is 6. The Morgan fingerprint density at radius 2 is 2.00 bits per heavy atom. The third kappa shape index (κ3) is 3.38. The standard InChI is InChI=1S/C14H21N5/c1-10-8-11(2)19-14-12(10)13(17-9-18-14)16-7-5-3-4-6-15/h8-9H,3-7,15H2,1-2H3,(H,16,17,18,19). The van der Waals surface area contributed by atoms with Crippen molar-refractivity contribution in [2.75, 3.05) is 18.4 Å². The van der Waals surface area contributed by atoms with E-state index in [0.29, 0.717) is 0 Å². The molecule has 102 valence electrons. The van der Waals surface area contributed by atoms with Crippen molar-refractivity contribution in [1.29, 1.82) is 0 Å². The number of aryl methyl sites for hydroxylation is 2. The van der Waals surface area contributed by atoms with Crippen LogP contribution in [0.3, 0.4) is 0 Å². The maximum atomic E-state index is 5.48. The van der Waals surface area contributed by atoms with E-state index in [-0.39, 0.29) is 0 Å². The van der Waals surface area contributed by atoms with Gasteiger partial charge in [-0.1, -0.05) is 6.42 Å². The number of fused-ring (bicyclic) bond motifs is 1. The molecule has 0 amide bonds. The lowest BCUT2D eigenvalue weighted by atomic mass is 10.1. The SMILES string of the molecule is Cc1cc(C)c2c(NCCCCCN)ncnc2n1. The van der Waals surface area contributed by atoms with E-state index in [2.05, 4.69) is 33.3 Å². The van der Waals surface area contributed by atoms with Gasteiger partial charge in [-0.2, -0.15) is 0 Å². The lowest BCUT2D eigenvalue weighted by Gasteiger charge is -2.10. The number of pyridine rings is 1. The van der Waals surface area contributed by atoms with Gasteiger partial charge in [0, 0.05) is 12.2 Å². The summed E-state index contributed by atoms with van der Waals surface area (Å²) in [4.78, 5) is 13.0. The highest BCUT2D eigenvalue weighted by Gasteiger charge is 2.07. The lowest BCUT2D eigenvalue weighted by Crippen LogP contribution is -2.07.